The molecule has 186 valence electrons. The highest BCUT2D eigenvalue weighted by Crippen LogP contribution is 2.37. The molecule has 6 heterocycles. The van der Waals surface area contributed by atoms with Crippen molar-refractivity contribution < 1.29 is 1.37 Å². The third-order valence-electron chi connectivity index (χ3n) is 8.95. The van der Waals surface area contributed by atoms with Crippen molar-refractivity contribution in [2.75, 3.05) is 37.6 Å². The molecule has 36 heavy (non-hydrogen) atoms. The molecule has 7 rings (SSSR count). The van der Waals surface area contributed by atoms with Crippen LogP contribution in [0.1, 0.15) is 44.5 Å². The zero-order chi connectivity index (χ0) is 25.3. The second-order valence-corrected chi connectivity index (χ2v) is 11.2. The van der Waals surface area contributed by atoms with Gasteiger partial charge in [-0.2, -0.15) is 10.4 Å². The average Bonchev–Trinajstić information content (AvgIpc) is 3.47. The van der Waals surface area contributed by atoms with Crippen LogP contribution in [0.2, 0.25) is 0 Å². The first kappa shape index (κ1) is 21.1. The molecule has 0 aliphatic carbocycles. The summed E-state index contributed by atoms with van der Waals surface area (Å²) in [7, 11) is 0. The van der Waals surface area contributed by atoms with Gasteiger partial charge in [0.15, 0.2) is 0 Å². The van der Waals surface area contributed by atoms with E-state index in [4.69, 9.17) is 6.47 Å². The molecule has 3 aromatic rings. The lowest BCUT2D eigenvalue weighted by molar-refractivity contribution is 0.0519. The van der Waals surface area contributed by atoms with E-state index in [9.17, 15) is 5.26 Å². The van der Waals surface area contributed by atoms with Crippen LogP contribution in [0, 0.1) is 11.3 Å². The Bertz CT molecular complexity index is 1390. The Morgan fingerprint density at radius 3 is 2.83 bits per heavy atom. The summed E-state index contributed by atoms with van der Waals surface area (Å²) in [5.41, 5.74) is 5.12. The number of hydrogen-bond donors (Lipinski definition) is 1. The van der Waals surface area contributed by atoms with Crippen molar-refractivity contribution in [3.8, 4) is 6.07 Å². The summed E-state index contributed by atoms with van der Waals surface area (Å²) < 4.78 is 10.2. The Labute approximate surface area is 213 Å². The molecule has 0 bridgehead atoms. The molecule has 0 unspecified atom stereocenters. The molecule has 4 atom stereocenters. The van der Waals surface area contributed by atoms with Crippen LogP contribution in [-0.2, 0) is 13.0 Å². The number of nitrogens with one attached hydrogen (secondary N) is 1. The van der Waals surface area contributed by atoms with Crippen LogP contribution in [0.25, 0.3) is 10.9 Å². The third kappa shape index (κ3) is 3.52. The standard InChI is InChI=1S/C28H34N8/c1-18-8-21-11-32-36(27(21)12-31-18)24-15-33(16-24)22-9-23-14-34(13-19(2)35(23)17-22)26-6-5-20(10-29)28-25(26)4-3-7-30-28/h3-7,11,18-19,22-24,31H,8-9,12-17H2,1-2H3/t18-,19-,22+,23+/m1/s1/i7D. The predicted molar refractivity (Wildman–Crippen MR) is 140 cm³/mol. The van der Waals surface area contributed by atoms with Gasteiger partial charge in [-0.05, 0) is 56.5 Å². The van der Waals surface area contributed by atoms with Crippen LogP contribution in [0.5, 0.6) is 0 Å². The summed E-state index contributed by atoms with van der Waals surface area (Å²) in [6.07, 6.45) is 4.56. The van der Waals surface area contributed by atoms with E-state index in [-0.39, 0.29) is 6.17 Å². The van der Waals surface area contributed by atoms with Gasteiger partial charge in [-0.3, -0.25) is 19.5 Å². The van der Waals surface area contributed by atoms with Crippen LogP contribution in [0.3, 0.4) is 0 Å². The molecule has 0 amide bonds. The van der Waals surface area contributed by atoms with E-state index in [0.717, 1.165) is 56.8 Å². The number of nitrogens with zero attached hydrogens (tertiary/aromatic N) is 7. The number of anilines is 1. The first-order chi connectivity index (χ1) is 18.0. The molecule has 2 aromatic heterocycles. The lowest BCUT2D eigenvalue weighted by Gasteiger charge is -2.44. The topological polar surface area (TPSA) is 76.2 Å². The van der Waals surface area contributed by atoms with Crippen molar-refractivity contribution in [3.63, 3.8) is 0 Å². The number of likely N-dealkylation sites (tertiary alicyclic amines) is 1. The number of rotatable bonds is 3. The Kier molecular flexibility index (Phi) is 5.02. The van der Waals surface area contributed by atoms with Crippen LogP contribution in [0.15, 0.2) is 36.6 Å². The molecule has 0 spiro atoms. The van der Waals surface area contributed by atoms with Crippen molar-refractivity contribution in [2.24, 2.45) is 0 Å². The molecular formula is C28H34N8. The normalized spacial score (nSPS) is 29.5. The van der Waals surface area contributed by atoms with E-state index in [0.29, 0.717) is 41.3 Å². The van der Waals surface area contributed by atoms with E-state index < -0.39 is 0 Å². The molecule has 1 N–H and O–H groups in total. The Balaban J connectivity index is 1.05. The smallest absolute Gasteiger partial charge is 0.101 e. The van der Waals surface area contributed by atoms with Gasteiger partial charge in [-0.1, -0.05) is 0 Å². The second kappa shape index (κ2) is 8.55. The number of pyridine rings is 1. The van der Waals surface area contributed by atoms with E-state index in [2.05, 4.69) is 61.9 Å². The number of fused-ring (bicyclic) bond motifs is 3. The predicted octanol–water partition coefficient (Wildman–Crippen LogP) is 2.55. The van der Waals surface area contributed by atoms with Crippen molar-refractivity contribution in [1.82, 2.24) is 29.9 Å². The fraction of sp³-hybridized carbons (Fsp3) is 0.536. The lowest BCUT2D eigenvalue weighted by atomic mass is 10.00. The molecule has 4 aliphatic rings. The highest BCUT2D eigenvalue weighted by atomic mass is 15.4. The fourth-order valence-electron chi connectivity index (χ4n) is 7.04. The van der Waals surface area contributed by atoms with Gasteiger partial charge in [0.1, 0.15) is 6.07 Å². The van der Waals surface area contributed by atoms with Gasteiger partial charge in [-0.25, -0.2) is 0 Å². The van der Waals surface area contributed by atoms with Crippen molar-refractivity contribution in [3.05, 3.63) is 53.5 Å². The minimum absolute atomic E-state index is 0.201. The maximum atomic E-state index is 9.57. The molecule has 4 aliphatic heterocycles. The minimum atomic E-state index is 0.201. The van der Waals surface area contributed by atoms with Crippen LogP contribution in [0.4, 0.5) is 5.69 Å². The van der Waals surface area contributed by atoms with Gasteiger partial charge >= 0.3 is 0 Å². The van der Waals surface area contributed by atoms with Crippen LogP contribution in [-0.4, -0.2) is 81.5 Å². The van der Waals surface area contributed by atoms with E-state index in [1.54, 1.807) is 6.07 Å². The monoisotopic (exact) mass is 483 g/mol. The van der Waals surface area contributed by atoms with Gasteiger partial charge < -0.3 is 10.2 Å². The SMILES string of the molecule is [2H]c1ccc2c(N3C[C@@H]4C[C@H](N5CC(n6ncc7c6CN[C@H](C)C7)C5)CN4[C@H](C)C3)ccc(C#N)c2n1. The highest BCUT2D eigenvalue weighted by Gasteiger charge is 2.45. The number of aromatic nitrogens is 3. The Hall–Kier alpha value is -2.99. The lowest BCUT2D eigenvalue weighted by Crippen LogP contribution is -2.56. The summed E-state index contributed by atoms with van der Waals surface area (Å²) in [5, 5.41) is 18.9. The van der Waals surface area contributed by atoms with Crippen molar-refractivity contribution in [1.29, 1.82) is 5.26 Å². The molecule has 3 saturated heterocycles. The fourth-order valence-corrected chi connectivity index (χ4v) is 7.04. The molecular weight excluding hydrogens is 448 g/mol. The third-order valence-corrected chi connectivity index (χ3v) is 8.95. The molecule has 8 heteroatoms. The molecule has 1 aromatic carbocycles. The zero-order valence-corrected chi connectivity index (χ0v) is 21.1. The Morgan fingerprint density at radius 2 is 1.97 bits per heavy atom. The molecule has 3 fully saturated rings. The van der Waals surface area contributed by atoms with Gasteiger partial charge in [0.25, 0.3) is 0 Å². The van der Waals surface area contributed by atoms with Crippen LogP contribution < -0.4 is 10.2 Å². The van der Waals surface area contributed by atoms with E-state index in [1.807, 2.05) is 12.1 Å². The van der Waals surface area contributed by atoms with Gasteiger partial charge in [-0.15, -0.1) is 0 Å². The summed E-state index contributed by atoms with van der Waals surface area (Å²) >= 11 is 0. The highest BCUT2D eigenvalue weighted by molar-refractivity contribution is 5.95. The molecule has 0 saturated carbocycles. The number of nitriles is 1. The average molecular weight is 484 g/mol. The Morgan fingerprint density at radius 1 is 1.08 bits per heavy atom. The summed E-state index contributed by atoms with van der Waals surface area (Å²) in [6.45, 7) is 10.8. The van der Waals surface area contributed by atoms with Crippen molar-refractivity contribution >= 4 is 16.6 Å². The van der Waals surface area contributed by atoms with Crippen molar-refractivity contribution in [2.45, 2.75) is 63.4 Å². The molecule has 0 radical (unpaired) electrons. The first-order valence-electron chi connectivity index (χ1n) is 13.8. The number of benzene rings is 1. The molecule has 8 nitrogen and oxygen atoms in total. The van der Waals surface area contributed by atoms with Gasteiger partial charge in [0, 0.05) is 80.7 Å². The van der Waals surface area contributed by atoms with E-state index in [1.165, 1.54) is 17.7 Å². The summed E-state index contributed by atoms with van der Waals surface area (Å²) in [4.78, 5) is 12.2. The minimum Gasteiger partial charge on any atom is -0.368 e. The maximum Gasteiger partial charge on any atom is 0.101 e. The van der Waals surface area contributed by atoms with E-state index >= 15 is 0 Å². The first-order valence-corrected chi connectivity index (χ1v) is 13.3. The van der Waals surface area contributed by atoms with Gasteiger partial charge in [0.05, 0.1) is 30.4 Å². The summed E-state index contributed by atoms with van der Waals surface area (Å²) in [6, 6.07) is 12.5. The quantitative estimate of drug-likeness (QED) is 0.614. The zero-order valence-electron chi connectivity index (χ0n) is 22.1. The van der Waals surface area contributed by atoms with Gasteiger partial charge in [0.2, 0.25) is 0 Å². The number of piperazine rings is 1. The van der Waals surface area contributed by atoms with Crippen LogP contribution >= 0.6 is 0 Å². The second-order valence-electron chi connectivity index (χ2n) is 11.2. The maximum absolute atomic E-state index is 9.57. The number of hydrogen-bond acceptors (Lipinski definition) is 7. The largest absolute Gasteiger partial charge is 0.368 e. The summed E-state index contributed by atoms with van der Waals surface area (Å²) in [5.74, 6) is 0.